The fraction of sp³-hybridized carbons (Fsp3) is 0.667. The fourth-order valence-corrected chi connectivity index (χ4v) is 1.59. The summed E-state index contributed by atoms with van der Waals surface area (Å²) >= 11 is 0. The van der Waals surface area contributed by atoms with Gasteiger partial charge >= 0.3 is 11.9 Å². The molecule has 3 nitrogen and oxygen atoms in total. The maximum atomic E-state index is 11.1. The van der Waals surface area contributed by atoms with Gasteiger partial charge in [0.05, 0.1) is 12.3 Å². The average Bonchev–Trinajstić information content (AvgIpc) is 2.51. The third-order valence-corrected chi connectivity index (χ3v) is 2.50. The Balaban J connectivity index is 0.00000225. The van der Waals surface area contributed by atoms with E-state index in [0.717, 1.165) is 12.8 Å². The van der Waals surface area contributed by atoms with Crippen molar-refractivity contribution in [2.75, 3.05) is 0 Å². The molecular weight excluding hydrogens is 231 g/mol. The number of cyclic esters (lactones) is 2. The number of unbranched alkanes of at least 4 members (excludes halogenated alkanes) is 4. The van der Waals surface area contributed by atoms with Crippen molar-refractivity contribution in [3.63, 3.8) is 0 Å². The molecule has 4 heteroatoms. The summed E-state index contributed by atoms with van der Waals surface area (Å²) < 4.78 is 4.44. The van der Waals surface area contributed by atoms with E-state index in [-0.39, 0.29) is 63.7 Å². The van der Waals surface area contributed by atoms with Crippen LogP contribution in [0.1, 0.15) is 45.4 Å². The summed E-state index contributed by atoms with van der Waals surface area (Å²) in [5.74, 6) is -1.13. The number of rotatable bonds is 6. The zero-order valence-corrected chi connectivity index (χ0v) is 13.3. The van der Waals surface area contributed by atoms with E-state index in [1.807, 2.05) is 6.08 Å². The molecule has 1 aliphatic rings. The normalized spacial score (nSPS) is 19.9. The number of carbonyl (C=O) groups excluding carboxylic acids is 2. The van der Waals surface area contributed by atoms with Crippen LogP contribution in [0.3, 0.4) is 0 Å². The molecule has 1 atom stereocenters. The molecule has 0 spiro atoms. The maximum absolute atomic E-state index is 11.1. The van der Waals surface area contributed by atoms with Crippen LogP contribution in [0.15, 0.2) is 12.2 Å². The Kier molecular flexibility index (Phi) is 9.84. The molecule has 0 amide bonds. The molecular formula is C12H18KO3. The first-order valence-corrected chi connectivity index (χ1v) is 5.65. The van der Waals surface area contributed by atoms with Crippen molar-refractivity contribution in [1.82, 2.24) is 0 Å². The maximum Gasteiger partial charge on any atom is 0.321 e. The molecule has 0 saturated carbocycles. The minimum Gasteiger partial charge on any atom is -0.393 e. The largest absolute Gasteiger partial charge is 0.393 e. The molecule has 85 valence electrons. The SMILES string of the molecule is CCCCCCC=CC1CC(=O)OC1=O.[K]. The van der Waals surface area contributed by atoms with Crippen LogP contribution in [-0.4, -0.2) is 63.3 Å². The topological polar surface area (TPSA) is 43.4 Å². The Bertz CT molecular complexity index is 261. The van der Waals surface area contributed by atoms with Gasteiger partial charge in [0.25, 0.3) is 0 Å². The molecule has 1 saturated heterocycles. The molecule has 1 aliphatic heterocycles. The molecule has 0 aromatic rings. The van der Waals surface area contributed by atoms with Crippen LogP contribution in [0.25, 0.3) is 0 Å². The van der Waals surface area contributed by atoms with Crippen LogP contribution in [0.2, 0.25) is 0 Å². The fourth-order valence-electron chi connectivity index (χ4n) is 1.59. The minimum atomic E-state index is -0.402. The van der Waals surface area contributed by atoms with Gasteiger partial charge in [-0.05, 0) is 12.8 Å². The predicted molar refractivity (Wildman–Crippen MR) is 62.9 cm³/mol. The second-order valence-electron chi connectivity index (χ2n) is 3.88. The van der Waals surface area contributed by atoms with Gasteiger partial charge in [0.15, 0.2) is 0 Å². The summed E-state index contributed by atoms with van der Waals surface area (Å²) in [6, 6.07) is 0. The van der Waals surface area contributed by atoms with E-state index in [4.69, 9.17) is 0 Å². The van der Waals surface area contributed by atoms with Crippen LogP contribution in [0, 0.1) is 5.92 Å². The van der Waals surface area contributed by atoms with E-state index in [0.29, 0.717) is 0 Å². The van der Waals surface area contributed by atoms with E-state index in [1.165, 1.54) is 19.3 Å². The van der Waals surface area contributed by atoms with Crippen molar-refractivity contribution >= 4 is 63.3 Å². The Labute approximate surface area is 139 Å². The van der Waals surface area contributed by atoms with Crippen LogP contribution >= 0.6 is 0 Å². The Morgan fingerprint density at radius 2 is 2.06 bits per heavy atom. The zero-order valence-electron chi connectivity index (χ0n) is 10.2. The molecule has 0 aliphatic carbocycles. The quantitative estimate of drug-likeness (QED) is 0.238. The number of hydrogen-bond donors (Lipinski definition) is 0. The second-order valence-corrected chi connectivity index (χ2v) is 3.88. The summed E-state index contributed by atoms with van der Waals surface area (Å²) in [4.78, 5) is 21.8. The number of hydrogen-bond acceptors (Lipinski definition) is 3. The van der Waals surface area contributed by atoms with Gasteiger partial charge in [-0.2, -0.15) is 0 Å². The molecule has 0 aromatic carbocycles. The average molecular weight is 249 g/mol. The van der Waals surface area contributed by atoms with Crippen LogP contribution in [-0.2, 0) is 14.3 Å². The zero-order chi connectivity index (χ0) is 11.1. The van der Waals surface area contributed by atoms with Gasteiger partial charge in [0.2, 0.25) is 0 Å². The Morgan fingerprint density at radius 3 is 2.62 bits per heavy atom. The van der Waals surface area contributed by atoms with Gasteiger partial charge < -0.3 is 4.74 Å². The number of ether oxygens (including phenoxy) is 1. The Hall–Kier alpha value is 0.516. The van der Waals surface area contributed by atoms with Gasteiger partial charge in [-0.1, -0.05) is 38.3 Å². The van der Waals surface area contributed by atoms with Crippen molar-refractivity contribution < 1.29 is 14.3 Å². The summed E-state index contributed by atoms with van der Waals surface area (Å²) in [6.45, 7) is 2.18. The van der Waals surface area contributed by atoms with Crippen LogP contribution in [0.4, 0.5) is 0 Å². The molecule has 0 bridgehead atoms. The molecule has 1 radical (unpaired) electrons. The number of allylic oxidation sites excluding steroid dienone is 1. The van der Waals surface area contributed by atoms with Crippen molar-refractivity contribution in [3.8, 4) is 0 Å². The first-order chi connectivity index (χ1) is 7.24. The number of carbonyl (C=O) groups is 2. The number of esters is 2. The third-order valence-electron chi connectivity index (χ3n) is 2.50. The summed E-state index contributed by atoms with van der Waals surface area (Å²) in [6.07, 6.45) is 9.86. The minimum absolute atomic E-state index is 0. The van der Waals surface area contributed by atoms with Gasteiger partial charge in [-0.3, -0.25) is 9.59 Å². The first-order valence-electron chi connectivity index (χ1n) is 5.65. The summed E-state index contributed by atoms with van der Waals surface area (Å²) in [5, 5.41) is 0. The van der Waals surface area contributed by atoms with Crippen LogP contribution < -0.4 is 0 Å². The van der Waals surface area contributed by atoms with Crippen molar-refractivity contribution in [3.05, 3.63) is 12.2 Å². The van der Waals surface area contributed by atoms with Crippen molar-refractivity contribution in [2.24, 2.45) is 5.92 Å². The van der Waals surface area contributed by atoms with Gasteiger partial charge in [0, 0.05) is 51.4 Å². The summed E-state index contributed by atoms with van der Waals surface area (Å²) in [7, 11) is 0. The van der Waals surface area contributed by atoms with E-state index < -0.39 is 11.9 Å². The van der Waals surface area contributed by atoms with E-state index in [1.54, 1.807) is 6.08 Å². The third kappa shape index (κ3) is 6.30. The van der Waals surface area contributed by atoms with E-state index in [2.05, 4.69) is 11.7 Å². The van der Waals surface area contributed by atoms with Crippen molar-refractivity contribution in [1.29, 1.82) is 0 Å². The molecule has 1 rings (SSSR count). The van der Waals surface area contributed by atoms with E-state index >= 15 is 0 Å². The second kappa shape index (κ2) is 9.54. The first kappa shape index (κ1) is 16.5. The summed E-state index contributed by atoms with van der Waals surface area (Å²) in [5.41, 5.74) is 0. The smallest absolute Gasteiger partial charge is 0.321 e. The predicted octanol–water partition coefficient (Wildman–Crippen LogP) is 2.22. The van der Waals surface area contributed by atoms with Gasteiger partial charge in [-0.25, -0.2) is 0 Å². The van der Waals surface area contributed by atoms with Gasteiger partial charge in [0.1, 0.15) is 0 Å². The van der Waals surface area contributed by atoms with Crippen LogP contribution in [0.5, 0.6) is 0 Å². The monoisotopic (exact) mass is 249 g/mol. The standard InChI is InChI=1S/C12H18O3.K/c1-2-3-4-5-6-7-8-10-9-11(13)15-12(10)14;/h7-8,10H,2-6,9H2,1H3;. The molecule has 0 aromatic heterocycles. The molecule has 1 heterocycles. The molecule has 0 N–H and O–H groups in total. The Morgan fingerprint density at radius 1 is 1.31 bits per heavy atom. The molecule has 1 unspecified atom stereocenters. The molecule has 1 fully saturated rings. The molecule has 16 heavy (non-hydrogen) atoms. The van der Waals surface area contributed by atoms with Gasteiger partial charge in [-0.15, -0.1) is 0 Å². The van der Waals surface area contributed by atoms with Crippen molar-refractivity contribution in [2.45, 2.75) is 45.4 Å². The van der Waals surface area contributed by atoms with E-state index in [9.17, 15) is 9.59 Å².